The Morgan fingerprint density at radius 1 is 0.929 bits per heavy atom. The fourth-order valence-corrected chi connectivity index (χ4v) is 3.07. The van der Waals surface area contributed by atoms with Crippen molar-refractivity contribution in [3.05, 3.63) is 59.2 Å². The summed E-state index contributed by atoms with van der Waals surface area (Å²) in [5.74, 6) is 0.232. The molecule has 1 atom stereocenters. The van der Waals surface area contributed by atoms with Gasteiger partial charge in [-0.15, -0.1) is 0 Å². The number of carbonyl (C=O) groups excluding carboxylic acids is 2. The number of hydrogen-bond acceptors (Lipinski definition) is 3. The number of benzene rings is 2. The molecular weight excluding hydrogens is 350 g/mol. The van der Waals surface area contributed by atoms with E-state index in [4.69, 9.17) is 0 Å². The smallest absolute Gasteiger partial charge is 0.238 e. The van der Waals surface area contributed by atoms with Gasteiger partial charge >= 0.3 is 0 Å². The van der Waals surface area contributed by atoms with Crippen molar-refractivity contribution < 1.29 is 9.59 Å². The van der Waals surface area contributed by atoms with Crippen LogP contribution in [0.5, 0.6) is 0 Å². The van der Waals surface area contributed by atoms with Gasteiger partial charge in [-0.1, -0.05) is 44.2 Å². The highest BCUT2D eigenvalue weighted by Gasteiger charge is 2.13. The van der Waals surface area contributed by atoms with Crippen molar-refractivity contribution in [3.63, 3.8) is 0 Å². The Morgan fingerprint density at radius 3 is 2.00 bits per heavy atom. The molecule has 2 amide bonds. The van der Waals surface area contributed by atoms with Gasteiger partial charge in [-0.2, -0.15) is 0 Å². The van der Waals surface area contributed by atoms with Crippen molar-refractivity contribution in [2.24, 2.45) is 0 Å². The van der Waals surface area contributed by atoms with Gasteiger partial charge in [0, 0.05) is 11.4 Å². The Balaban J connectivity index is 1.84. The second kappa shape index (κ2) is 10.0. The fraction of sp³-hybridized carbons (Fsp3) is 0.391. The number of carbonyl (C=O) groups is 2. The van der Waals surface area contributed by atoms with Gasteiger partial charge < -0.3 is 10.6 Å². The number of amides is 2. The summed E-state index contributed by atoms with van der Waals surface area (Å²) in [5, 5.41) is 5.83. The average molecular weight is 382 g/mol. The first-order valence-electron chi connectivity index (χ1n) is 9.74. The van der Waals surface area contributed by atoms with Gasteiger partial charge in [0.2, 0.25) is 11.8 Å². The Labute approximate surface area is 168 Å². The van der Waals surface area contributed by atoms with Crippen molar-refractivity contribution in [2.45, 2.75) is 40.0 Å². The summed E-state index contributed by atoms with van der Waals surface area (Å²) in [6, 6.07) is 13.8. The molecule has 5 heteroatoms. The maximum absolute atomic E-state index is 12.3. The van der Waals surface area contributed by atoms with Crippen LogP contribution in [0, 0.1) is 13.8 Å². The second-order valence-electron chi connectivity index (χ2n) is 7.47. The number of para-hydroxylation sites is 1. The number of likely N-dealkylation sites (N-methyl/N-ethyl adjacent to an activating group) is 1. The van der Waals surface area contributed by atoms with Crippen molar-refractivity contribution in [3.8, 4) is 0 Å². The lowest BCUT2D eigenvalue weighted by atomic mass is 9.99. The molecule has 0 aliphatic rings. The molecule has 0 aromatic heterocycles. The molecule has 0 aliphatic heterocycles. The van der Waals surface area contributed by atoms with Crippen LogP contribution in [0.25, 0.3) is 0 Å². The van der Waals surface area contributed by atoms with Gasteiger partial charge in [-0.05, 0) is 62.1 Å². The summed E-state index contributed by atoms with van der Waals surface area (Å²) >= 11 is 0. The van der Waals surface area contributed by atoms with E-state index in [1.807, 2.05) is 56.3 Å². The average Bonchev–Trinajstić information content (AvgIpc) is 2.64. The summed E-state index contributed by atoms with van der Waals surface area (Å²) < 4.78 is 0. The Hall–Kier alpha value is -2.66. The van der Waals surface area contributed by atoms with Crippen molar-refractivity contribution in [1.29, 1.82) is 0 Å². The van der Waals surface area contributed by atoms with E-state index in [0.717, 1.165) is 28.9 Å². The predicted octanol–water partition coefficient (Wildman–Crippen LogP) is 4.33. The first-order valence-corrected chi connectivity index (χ1v) is 9.74. The molecule has 2 aromatic rings. The van der Waals surface area contributed by atoms with Crippen LogP contribution >= 0.6 is 0 Å². The van der Waals surface area contributed by atoms with E-state index in [-0.39, 0.29) is 24.9 Å². The van der Waals surface area contributed by atoms with E-state index in [9.17, 15) is 9.59 Å². The van der Waals surface area contributed by atoms with Crippen LogP contribution in [-0.4, -0.2) is 36.9 Å². The first-order chi connectivity index (χ1) is 13.3. The van der Waals surface area contributed by atoms with Gasteiger partial charge in [0.25, 0.3) is 0 Å². The molecule has 5 nitrogen and oxygen atoms in total. The highest BCUT2D eigenvalue weighted by atomic mass is 16.2. The molecular formula is C23H31N3O2. The lowest BCUT2D eigenvalue weighted by molar-refractivity contribution is -0.119. The monoisotopic (exact) mass is 381 g/mol. The van der Waals surface area contributed by atoms with Gasteiger partial charge in [0.05, 0.1) is 13.1 Å². The summed E-state index contributed by atoms with van der Waals surface area (Å²) in [6.07, 6.45) is 1.08. The van der Waals surface area contributed by atoms with Gasteiger partial charge in [-0.25, -0.2) is 0 Å². The summed E-state index contributed by atoms with van der Waals surface area (Å²) in [5.41, 5.74) is 4.92. The largest absolute Gasteiger partial charge is 0.325 e. The van der Waals surface area contributed by atoms with E-state index in [1.54, 1.807) is 11.9 Å². The number of anilines is 2. The normalized spacial score (nSPS) is 11.9. The molecule has 0 aliphatic carbocycles. The molecule has 28 heavy (non-hydrogen) atoms. The number of hydrogen-bond donors (Lipinski definition) is 2. The number of rotatable bonds is 8. The molecule has 0 spiro atoms. The van der Waals surface area contributed by atoms with E-state index in [0.29, 0.717) is 5.92 Å². The quantitative estimate of drug-likeness (QED) is 0.716. The molecule has 0 saturated carbocycles. The fourth-order valence-electron chi connectivity index (χ4n) is 3.07. The van der Waals surface area contributed by atoms with Crippen LogP contribution in [-0.2, 0) is 9.59 Å². The molecule has 0 heterocycles. The minimum absolute atomic E-state index is 0.134. The maximum atomic E-state index is 12.3. The number of nitrogens with one attached hydrogen (secondary N) is 2. The highest BCUT2D eigenvalue weighted by Crippen LogP contribution is 2.21. The molecule has 2 N–H and O–H groups in total. The summed E-state index contributed by atoms with van der Waals surface area (Å²) in [4.78, 5) is 26.3. The highest BCUT2D eigenvalue weighted by molar-refractivity contribution is 5.95. The Kier molecular flexibility index (Phi) is 7.76. The lowest BCUT2D eigenvalue weighted by Crippen LogP contribution is -2.36. The second-order valence-corrected chi connectivity index (χ2v) is 7.47. The van der Waals surface area contributed by atoms with E-state index in [2.05, 4.69) is 24.5 Å². The summed E-state index contributed by atoms with van der Waals surface area (Å²) in [7, 11) is 1.76. The third kappa shape index (κ3) is 6.20. The van der Waals surface area contributed by atoms with Crippen LogP contribution in [0.15, 0.2) is 42.5 Å². The summed E-state index contributed by atoms with van der Waals surface area (Å²) in [6.45, 7) is 8.57. The van der Waals surface area contributed by atoms with Gasteiger partial charge in [0.15, 0.2) is 0 Å². The zero-order chi connectivity index (χ0) is 20.7. The molecule has 2 aromatic carbocycles. The van der Waals surface area contributed by atoms with Crippen molar-refractivity contribution in [2.75, 3.05) is 30.8 Å². The Bertz CT molecular complexity index is 795. The number of aryl methyl sites for hydroxylation is 2. The number of nitrogens with zero attached hydrogens (tertiary/aromatic N) is 1. The first kappa shape index (κ1) is 21.6. The standard InChI is InChI=1S/C23H31N3O2/c1-6-16(2)19-10-12-20(13-11-19)24-21(27)14-26(5)15-22(28)25-23-17(3)8-7-9-18(23)4/h7-13,16H,6,14-15H2,1-5H3,(H,24,27)(H,25,28)/t16-/m1/s1. The zero-order valence-corrected chi connectivity index (χ0v) is 17.5. The van der Waals surface area contributed by atoms with Crippen LogP contribution in [0.3, 0.4) is 0 Å². The minimum atomic E-state index is -0.140. The van der Waals surface area contributed by atoms with Crippen LogP contribution in [0.2, 0.25) is 0 Å². The molecule has 0 bridgehead atoms. The molecule has 0 saturated heterocycles. The molecule has 150 valence electrons. The lowest BCUT2D eigenvalue weighted by Gasteiger charge is -2.17. The van der Waals surface area contributed by atoms with E-state index < -0.39 is 0 Å². The Morgan fingerprint density at radius 2 is 1.46 bits per heavy atom. The topological polar surface area (TPSA) is 61.4 Å². The van der Waals surface area contributed by atoms with Gasteiger partial charge in [0.1, 0.15) is 0 Å². The van der Waals surface area contributed by atoms with Crippen molar-refractivity contribution in [1.82, 2.24) is 4.90 Å². The van der Waals surface area contributed by atoms with Crippen LogP contribution in [0.1, 0.15) is 42.9 Å². The third-order valence-electron chi connectivity index (χ3n) is 4.95. The molecule has 2 rings (SSSR count). The van der Waals surface area contributed by atoms with E-state index >= 15 is 0 Å². The van der Waals surface area contributed by atoms with Gasteiger partial charge in [-0.3, -0.25) is 14.5 Å². The van der Waals surface area contributed by atoms with E-state index in [1.165, 1.54) is 5.56 Å². The molecule has 0 unspecified atom stereocenters. The SMILES string of the molecule is CC[C@@H](C)c1ccc(NC(=O)CN(C)CC(=O)Nc2c(C)cccc2C)cc1. The minimum Gasteiger partial charge on any atom is -0.325 e. The van der Waals surface area contributed by atoms with Crippen LogP contribution in [0.4, 0.5) is 11.4 Å². The molecule has 0 radical (unpaired) electrons. The maximum Gasteiger partial charge on any atom is 0.238 e. The van der Waals surface area contributed by atoms with Crippen molar-refractivity contribution >= 4 is 23.2 Å². The third-order valence-corrected chi connectivity index (χ3v) is 4.95. The van der Waals surface area contributed by atoms with Crippen LogP contribution < -0.4 is 10.6 Å². The predicted molar refractivity (Wildman–Crippen MR) is 116 cm³/mol. The molecule has 0 fully saturated rings. The zero-order valence-electron chi connectivity index (χ0n) is 17.5.